The Kier molecular flexibility index (Phi) is 4.81. The molecule has 2 heterocycles. The second-order valence-corrected chi connectivity index (χ2v) is 5.60. The summed E-state index contributed by atoms with van der Waals surface area (Å²) in [5.41, 5.74) is 0. The molecule has 0 N–H and O–H groups in total. The van der Waals surface area contributed by atoms with Crippen LogP contribution in [0.3, 0.4) is 0 Å². The van der Waals surface area contributed by atoms with Gasteiger partial charge in [0.25, 0.3) is 0 Å². The third-order valence-corrected chi connectivity index (χ3v) is 3.69. The zero-order valence-electron chi connectivity index (χ0n) is 12.1. The highest BCUT2D eigenvalue weighted by Gasteiger charge is 2.50. The van der Waals surface area contributed by atoms with Gasteiger partial charge >= 0.3 is 5.97 Å². The van der Waals surface area contributed by atoms with Gasteiger partial charge in [0.1, 0.15) is 18.3 Å². The molecule has 110 valence electrons. The number of hydrogen-bond donors (Lipinski definition) is 0. The number of fused-ring (bicyclic) bond motifs is 1. The predicted octanol–water partition coefficient (Wildman–Crippen LogP) is 1.54. The van der Waals surface area contributed by atoms with Crippen LogP contribution in [-0.2, 0) is 23.7 Å². The van der Waals surface area contributed by atoms with Gasteiger partial charge in [-0.2, -0.15) is 0 Å². The van der Waals surface area contributed by atoms with Crippen molar-refractivity contribution in [1.82, 2.24) is 0 Å². The number of hydrogen-bond acceptors (Lipinski definition) is 5. The Morgan fingerprint density at radius 1 is 1.16 bits per heavy atom. The molecule has 2 aliphatic heterocycles. The molecule has 0 radical (unpaired) electrons. The highest BCUT2D eigenvalue weighted by Crippen LogP contribution is 2.31. The maximum absolute atomic E-state index is 11.8. The maximum Gasteiger partial charge on any atom is 0.309 e. The van der Waals surface area contributed by atoms with Gasteiger partial charge < -0.3 is 18.9 Å². The summed E-state index contributed by atoms with van der Waals surface area (Å²) in [6.07, 6.45) is 0.261. The summed E-state index contributed by atoms with van der Waals surface area (Å²) in [6.45, 7) is 8.72. The quantitative estimate of drug-likeness (QED) is 0.711. The summed E-state index contributed by atoms with van der Waals surface area (Å²) in [5, 5.41) is 0. The minimum atomic E-state index is -0.299. The summed E-state index contributed by atoms with van der Waals surface area (Å²) in [6, 6.07) is 0. The minimum Gasteiger partial charge on any atom is -0.457 e. The zero-order valence-corrected chi connectivity index (χ0v) is 12.1. The normalized spacial score (nSPS) is 35.4. The maximum atomic E-state index is 11.8. The van der Waals surface area contributed by atoms with Gasteiger partial charge in [-0.3, -0.25) is 4.79 Å². The first kappa shape index (κ1) is 14.8. The predicted molar refractivity (Wildman–Crippen MR) is 68.8 cm³/mol. The van der Waals surface area contributed by atoms with Crippen LogP contribution in [0.1, 0.15) is 34.1 Å². The van der Waals surface area contributed by atoms with Crippen molar-refractivity contribution in [3.8, 4) is 0 Å². The number of ether oxygens (including phenoxy) is 4. The lowest BCUT2D eigenvalue weighted by molar-refractivity contribution is -0.158. The Balaban J connectivity index is 1.89. The molecular weight excluding hydrogens is 248 g/mol. The monoisotopic (exact) mass is 272 g/mol. The third kappa shape index (κ3) is 3.27. The van der Waals surface area contributed by atoms with E-state index in [9.17, 15) is 4.79 Å². The lowest BCUT2D eigenvalue weighted by Crippen LogP contribution is -2.36. The van der Waals surface area contributed by atoms with Crippen molar-refractivity contribution in [3.63, 3.8) is 0 Å². The van der Waals surface area contributed by atoms with E-state index in [0.29, 0.717) is 13.2 Å². The van der Waals surface area contributed by atoms with E-state index in [1.807, 2.05) is 27.7 Å². The van der Waals surface area contributed by atoms with E-state index >= 15 is 0 Å². The Labute approximate surface area is 114 Å². The first-order valence-electron chi connectivity index (χ1n) is 7.12. The average Bonchev–Trinajstić information content (AvgIpc) is 2.92. The van der Waals surface area contributed by atoms with Crippen LogP contribution in [0.2, 0.25) is 0 Å². The minimum absolute atomic E-state index is 0.0581. The van der Waals surface area contributed by atoms with E-state index in [2.05, 4.69) is 0 Å². The van der Waals surface area contributed by atoms with Crippen LogP contribution in [0.15, 0.2) is 0 Å². The molecule has 5 heteroatoms. The van der Waals surface area contributed by atoms with Crippen LogP contribution >= 0.6 is 0 Å². The van der Waals surface area contributed by atoms with Gasteiger partial charge in [-0.05, 0) is 20.3 Å². The standard InChI is InChI=1S/C14H24O5/c1-5-9(4)14(15)19-11-7-17-12-10(18-8(2)3)6-16-13(11)12/h8-13H,5-7H2,1-4H3/t9?,10?,11?,12-,13-/m1/s1. The van der Waals surface area contributed by atoms with Crippen LogP contribution < -0.4 is 0 Å². The lowest BCUT2D eigenvalue weighted by Gasteiger charge is -2.19. The van der Waals surface area contributed by atoms with Crippen LogP contribution in [0.5, 0.6) is 0 Å². The van der Waals surface area contributed by atoms with E-state index < -0.39 is 0 Å². The molecule has 0 bridgehead atoms. The van der Waals surface area contributed by atoms with E-state index in [1.54, 1.807) is 0 Å². The smallest absolute Gasteiger partial charge is 0.309 e. The van der Waals surface area contributed by atoms with E-state index in [0.717, 1.165) is 6.42 Å². The largest absolute Gasteiger partial charge is 0.457 e. The Morgan fingerprint density at radius 2 is 1.74 bits per heavy atom. The highest BCUT2D eigenvalue weighted by atomic mass is 16.7. The van der Waals surface area contributed by atoms with Crippen molar-refractivity contribution in [3.05, 3.63) is 0 Å². The molecule has 5 atom stereocenters. The van der Waals surface area contributed by atoms with Crippen LogP contribution in [0, 0.1) is 5.92 Å². The molecule has 0 amide bonds. The van der Waals surface area contributed by atoms with E-state index in [1.165, 1.54) is 0 Å². The van der Waals surface area contributed by atoms with Crippen molar-refractivity contribution in [1.29, 1.82) is 0 Å². The number of esters is 1. The Morgan fingerprint density at radius 3 is 2.32 bits per heavy atom. The van der Waals surface area contributed by atoms with Gasteiger partial charge in [-0.25, -0.2) is 0 Å². The van der Waals surface area contributed by atoms with Crippen molar-refractivity contribution in [2.45, 2.75) is 64.6 Å². The summed E-state index contributed by atoms with van der Waals surface area (Å²) in [4.78, 5) is 11.8. The summed E-state index contributed by atoms with van der Waals surface area (Å²) >= 11 is 0. The van der Waals surface area contributed by atoms with Crippen molar-refractivity contribution < 1.29 is 23.7 Å². The third-order valence-electron chi connectivity index (χ3n) is 3.69. The molecule has 2 fully saturated rings. The average molecular weight is 272 g/mol. The van der Waals surface area contributed by atoms with Gasteiger partial charge in [0.05, 0.1) is 25.2 Å². The second kappa shape index (κ2) is 6.20. The van der Waals surface area contributed by atoms with Gasteiger partial charge in [-0.15, -0.1) is 0 Å². The fraction of sp³-hybridized carbons (Fsp3) is 0.929. The van der Waals surface area contributed by atoms with E-state index in [-0.39, 0.29) is 42.4 Å². The summed E-state index contributed by atoms with van der Waals surface area (Å²) < 4.78 is 22.6. The van der Waals surface area contributed by atoms with Crippen molar-refractivity contribution in [2.24, 2.45) is 5.92 Å². The SMILES string of the molecule is CCC(C)C(=O)OC1CO[C@@H]2C(OC(C)C)CO[C@H]12. The first-order valence-corrected chi connectivity index (χ1v) is 7.12. The van der Waals surface area contributed by atoms with Gasteiger partial charge in [0.15, 0.2) is 6.10 Å². The topological polar surface area (TPSA) is 54.0 Å². The lowest BCUT2D eigenvalue weighted by atomic mass is 10.1. The molecule has 2 saturated heterocycles. The fourth-order valence-electron chi connectivity index (χ4n) is 2.43. The van der Waals surface area contributed by atoms with Crippen molar-refractivity contribution >= 4 is 5.97 Å². The van der Waals surface area contributed by atoms with Crippen LogP contribution in [-0.4, -0.2) is 49.7 Å². The van der Waals surface area contributed by atoms with E-state index in [4.69, 9.17) is 18.9 Å². The van der Waals surface area contributed by atoms with Crippen LogP contribution in [0.4, 0.5) is 0 Å². The first-order chi connectivity index (χ1) is 9.02. The molecule has 2 rings (SSSR count). The molecule has 3 unspecified atom stereocenters. The molecule has 0 aromatic heterocycles. The highest BCUT2D eigenvalue weighted by molar-refractivity contribution is 5.72. The molecule has 0 spiro atoms. The van der Waals surface area contributed by atoms with Gasteiger partial charge in [0, 0.05) is 0 Å². The molecule has 19 heavy (non-hydrogen) atoms. The molecular formula is C14H24O5. The summed E-state index contributed by atoms with van der Waals surface area (Å²) in [5.74, 6) is -0.253. The van der Waals surface area contributed by atoms with Gasteiger partial charge in [0.2, 0.25) is 0 Å². The second-order valence-electron chi connectivity index (χ2n) is 5.60. The zero-order chi connectivity index (χ0) is 14.0. The number of rotatable bonds is 5. The Bertz CT molecular complexity index is 317. The molecule has 0 aliphatic carbocycles. The molecule has 0 aromatic carbocycles. The molecule has 0 saturated carbocycles. The van der Waals surface area contributed by atoms with Crippen LogP contribution in [0.25, 0.3) is 0 Å². The molecule has 2 aliphatic rings. The van der Waals surface area contributed by atoms with Crippen molar-refractivity contribution in [2.75, 3.05) is 13.2 Å². The molecule has 0 aromatic rings. The number of carbonyl (C=O) groups excluding carboxylic acids is 1. The number of carbonyl (C=O) groups is 1. The van der Waals surface area contributed by atoms with Gasteiger partial charge in [-0.1, -0.05) is 13.8 Å². The fourth-order valence-corrected chi connectivity index (χ4v) is 2.43. The molecule has 5 nitrogen and oxygen atoms in total. The summed E-state index contributed by atoms with van der Waals surface area (Å²) in [7, 11) is 0. The Hall–Kier alpha value is -0.650.